The van der Waals surface area contributed by atoms with E-state index in [1.54, 1.807) is 6.92 Å². The van der Waals surface area contributed by atoms with Crippen molar-refractivity contribution in [3.63, 3.8) is 0 Å². The minimum atomic E-state index is -1.00. The summed E-state index contributed by atoms with van der Waals surface area (Å²) < 4.78 is 10.0. The third-order valence-corrected chi connectivity index (χ3v) is 5.01. The quantitative estimate of drug-likeness (QED) is 0.477. The second kappa shape index (κ2) is 13.7. The second-order valence-corrected chi connectivity index (χ2v) is 7.46. The summed E-state index contributed by atoms with van der Waals surface area (Å²) in [5, 5.41) is 5.19. The maximum atomic E-state index is 13.0. The fraction of sp³-hybridized carbons (Fsp3) is 0.360. The van der Waals surface area contributed by atoms with Gasteiger partial charge in [-0.1, -0.05) is 67.6 Å². The number of ether oxygens (including phenoxy) is 2. The van der Waals surface area contributed by atoms with E-state index in [1.807, 2.05) is 60.7 Å². The van der Waals surface area contributed by atoms with Gasteiger partial charge in [-0.25, -0.2) is 9.59 Å². The number of ketones is 1. The van der Waals surface area contributed by atoms with Crippen LogP contribution in [-0.2, 0) is 36.9 Å². The first-order valence-electron chi connectivity index (χ1n) is 10.8. The van der Waals surface area contributed by atoms with Crippen molar-refractivity contribution in [3.8, 4) is 0 Å². The lowest BCUT2D eigenvalue weighted by Crippen LogP contribution is -2.52. The lowest BCUT2D eigenvalue weighted by atomic mass is 10.0. The highest BCUT2D eigenvalue weighted by molar-refractivity contribution is 5.90. The molecule has 2 aromatic carbocycles. The zero-order chi connectivity index (χ0) is 24.1. The van der Waals surface area contributed by atoms with Gasteiger partial charge in [-0.2, -0.15) is 0 Å². The van der Waals surface area contributed by atoms with Crippen molar-refractivity contribution < 1.29 is 28.7 Å². The summed E-state index contributed by atoms with van der Waals surface area (Å²) in [6, 6.07) is 16.3. The molecule has 0 fully saturated rings. The van der Waals surface area contributed by atoms with Crippen molar-refractivity contribution in [2.45, 2.75) is 51.3 Å². The first-order valence-corrected chi connectivity index (χ1v) is 10.8. The number of esters is 1. The van der Waals surface area contributed by atoms with Gasteiger partial charge < -0.3 is 20.1 Å². The summed E-state index contributed by atoms with van der Waals surface area (Å²) in [4.78, 5) is 49.3. The maximum Gasteiger partial charge on any atom is 0.408 e. The molecule has 33 heavy (non-hydrogen) atoms. The zero-order valence-corrected chi connectivity index (χ0v) is 18.9. The number of carbonyl (C=O) groups excluding carboxylic acids is 4. The molecule has 0 aliphatic carbocycles. The first-order chi connectivity index (χ1) is 15.9. The van der Waals surface area contributed by atoms with Gasteiger partial charge in [-0.15, -0.1) is 0 Å². The summed E-state index contributed by atoms with van der Waals surface area (Å²) in [6.07, 6.45) is 0.0154. The summed E-state index contributed by atoms with van der Waals surface area (Å²) in [5.41, 5.74) is 1.62. The molecule has 2 N–H and O–H groups in total. The minimum Gasteiger partial charge on any atom is -0.467 e. The van der Waals surface area contributed by atoms with Crippen LogP contribution in [-0.4, -0.2) is 42.9 Å². The average molecular weight is 455 g/mol. The topological polar surface area (TPSA) is 111 Å². The molecule has 0 bridgehead atoms. The van der Waals surface area contributed by atoms with Crippen LogP contribution in [0.25, 0.3) is 0 Å². The van der Waals surface area contributed by atoms with Gasteiger partial charge >= 0.3 is 12.1 Å². The highest BCUT2D eigenvalue weighted by atomic mass is 16.5. The summed E-state index contributed by atoms with van der Waals surface area (Å²) in [5.74, 6) is -1.26. The highest BCUT2D eigenvalue weighted by Gasteiger charge is 2.28. The molecular weight excluding hydrogens is 424 g/mol. The SMILES string of the molecule is CCC(=O)CC[C@H](NC(=O)[C@H](Cc1ccccc1)NC(=O)OCc1ccccc1)C(=O)OC. The fourth-order valence-electron chi connectivity index (χ4n) is 3.11. The molecule has 0 aliphatic heterocycles. The predicted molar refractivity (Wildman–Crippen MR) is 122 cm³/mol. The number of Topliss-reactive ketones (excluding diaryl/α,β-unsaturated/α-hetero) is 1. The molecule has 2 rings (SSSR count). The Labute approximate surface area is 193 Å². The molecule has 0 radical (unpaired) electrons. The Balaban J connectivity index is 2.08. The van der Waals surface area contributed by atoms with Gasteiger partial charge in [0, 0.05) is 19.3 Å². The number of alkyl carbamates (subject to hydrolysis) is 1. The molecule has 0 saturated heterocycles. The highest BCUT2D eigenvalue weighted by Crippen LogP contribution is 2.08. The van der Waals surface area contributed by atoms with E-state index in [0.717, 1.165) is 11.1 Å². The number of methoxy groups -OCH3 is 1. The van der Waals surface area contributed by atoms with Crippen LogP contribution in [0, 0.1) is 0 Å². The molecule has 0 spiro atoms. The van der Waals surface area contributed by atoms with Crippen LogP contribution < -0.4 is 10.6 Å². The predicted octanol–water partition coefficient (Wildman–Crippen LogP) is 2.94. The Morgan fingerprint density at radius 1 is 0.848 bits per heavy atom. The monoisotopic (exact) mass is 454 g/mol. The molecule has 0 aliphatic rings. The van der Waals surface area contributed by atoms with Crippen molar-refractivity contribution in [2.75, 3.05) is 7.11 Å². The van der Waals surface area contributed by atoms with Gasteiger partial charge in [0.1, 0.15) is 24.5 Å². The standard InChI is InChI=1S/C25H30N2O6/c1-3-20(28)14-15-21(24(30)32-2)26-23(29)22(16-18-10-6-4-7-11-18)27-25(31)33-17-19-12-8-5-9-13-19/h4-13,21-22H,3,14-17H2,1-2H3,(H,26,29)(H,27,31)/t21-,22-/m0/s1. The number of carbonyl (C=O) groups is 4. The third-order valence-electron chi connectivity index (χ3n) is 5.01. The number of hydrogen-bond donors (Lipinski definition) is 2. The fourth-order valence-corrected chi connectivity index (χ4v) is 3.11. The number of nitrogens with one attached hydrogen (secondary N) is 2. The van der Waals surface area contributed by atoms with Crippen molar-refractivity contribution in [1.82, 2.24) is 10.6 Å². The van der Waals surface area contributed by atoms with Gasteiger partial charge in [-0.3, -0.25) is 9.59 Å². The lowest BCUT2D eigenvalue weighted by Gasteiger charge is -2.22. The molecule has 2 amide bonds. The van der Waals surface area contributed by atoms with E-state index >= 15 is 0 Å². The normalized spacial score (nSPS) is 12.2. The summed E-state index contributed by atoms with van der Waals surface area (Å²) in [7, 11) is 1.21. The van der Waals surface area contributed by atoms with Gasteiger partial charge in [0.15, 0.2) is 0 Å². The Morgan fingerprint density at radius 2 is 1.45 bits per heavy atom. The Kier molecular flexibility index (Phi) is 10.6. The number of amides is 2. The lowest BCUT2D eigenvalue weighted by molar-refractivity contribution is -0.145. The van der Waals surface area contributed by atoms with E-state index in [-0.39, 0.29) is 31.7 Å². The van der Waals surface area contributed by atoms with E-state index in [9.17, 15) is 19.2 Å². The molecule has 0 heterocycles. The van der Waals surface area contributed by atoms with Crippen molar-refractivity contribution >= 4 is 23.8 Å². The Morgan fingerprint density at radius 3 is 2.03 bits per heavy atom. The first kappa shape index (κ1) is 25.6. The van der Waals surface area contributed by atoms with Gasteiger partial charge in [0.05, 0.1) is 7.11 Å². The molecule has 0 saturated carbocycles. The number of hydrogen-bond acceptors (Lipinski definition) is 6. The van der Waals surface area contributed by atoms with Crippen LogP contribution in [0.5, 0.6) is 0 Å². The molecular formula is C25H30N2O6. The smallest absolute Gasteiger partial charge is 0.408 e. The second-order valence-electron chi connectivity index (χ2n) is 7.46. The number of rotatable bonds is 12. The van der Waals surface area contributed by atoms with Crippen LogP contribution in [0.2, 0.25) is 0 Å². The van der Waals surface area contributed by atoms with Crippen LogP contribution in [0.15, 0.2) is 60.7 Å². The molecule has 0 aromatic heterocycles. The molecule has 2 atom stereocenters. The number of benzene rings is 2. The van der Waals surface area contributed by atoms with Crippen LogP contribution in [0.4, 0.5) is 4.79 Å². The Bertz CT molecular complexity index is 917. The molecule has 8 nitrogen and oxygen atoms in total. The molecule has 176 valence electrons. The van der Waals surface area contributed by atoms with E-state index in [4.69, 9.17) is 9.47 Å². The van der Waals surface area contributed by atoms with Crippen molar-refractivity contribution in [3.05, 3.63) is 71.8 Å². The zero-order valence-electron chi connectivity index (χ0n) is 18.9. The largest absolute Gasteiger partial charge is 0.467 e. The van der Waals surface area contributed by atoms with Gasteiger partial charge in [-0.05, 0) is 17.5 Å². The van der Waals surface area contributed by atoms with Crippen molar-refractivity contribution in [2.24, 2.45) is 0 Å². The van der Waals surface area contributed by atoms with Gasteiger partial charge in [0.25, 0.3) is 0 Å². The maximum absolute atomic E-state index is 13.0. The summed E-state index contributed by atoms with van der Waals surface area (Å²) >= 11 is 0. The van der Waals surface area contributed by atoms with E-state index in [2.05, 4.69) is 10.6 Å². The van der Waals surface area contributed by atoms with Crippen LogP contribution in [0.3, 0.4) is 0 Å². The molecule has 8 heteroatoms. The van der Waals surface area contributed by atoms with Crippen molar-refractivity contribution in [1.29, 1.82) is 0 Å². The minimum absolute atomic E-state index is 0.0263. The third kappa shape index (κ3) is 9.14. The van der Waals surface area contributed by atoms with Crippen LogP contribution in [0.1, 0.15) is 37.3 Å². The summed E-state index contributed by atoms with van der Waals surface area (Å²) in [6.45, 7) is 1.78. The Hall–Kier alpha value is -3.68. The average Bonchev–Trinajstić information content (AvgIpc) is 2.85. The van der Waals surface area contributed by atoms with E-state index in [0.29, 0.717) is 6.42 Å². The molecule has 2 aromatic rings. The van der Waals surface area contributed by atoms with E-state index < -0.39 is 30.1 Å². The van der Waals surface area contributed by atoms with E-state index in [1.165, 1.54) is 7.11 Å². The van der Waals surface area contributed by atoms with Crippen LogP contribution >= 0.6 is 0 Å². The molecule has 0 unspecified atom stereocenters. The van der Waals surface area contributed by atoms with Gasteiger partial charge in [0.2, 0.25) is 5.91 Å².